The lowest BCUT2D eigenvalue weighted by molar-refractivity contribution is 0.0811. The van der Waals surface area contributed by atoms with Crippen molar-refractivity contribution in [2.24, 2.45) is 0 Å². The van der Waals surface area contributed by atoms with Crippen LogP contribution in [0.4, 0.5) is 0 Å². The first kappa shape index (κ1) is 14.0. The maximum atomic E-state index is 10.5. The lowest BCUT2D eigenvalue weighted by Crippen LogP contribution is -2.33. The molecule has 0 rings (SSSR count). The Morgan fingerprint density at radius 2 is 1.69 bits per heavy atom. The smallest absolute Gasteiger partial charge is 0.317 e. The van der Waals surface area contributed by atoms with Crippen molar-refractivity contribution >= 4 is 43.1 Å². The van der Waals surface area contributed by atoms with E-state index in [-0.39, 0.29) is 5.88 Å². The SMILES string of the molecule is O=[PH](O)OC(CCl)(CCCl)CCCl. The third kappa shape index (κ3) is 5.46. The molecule has 0 amide bonds. The summed E-state index contributed by atoms with van der Waals surface area (Å²) in [6.45, 7) is 0. The van der Waals surface area contributed by atoms with E-state index in [4.69, 9.17) is 44.2 Å². The van der Waals surface area contributed by atoms with Crippen molar-refractivity contribution in [2.45, 2.75) is 18.4 Å². The standard InChI is InChI=1S/C6H12Cl3O3P/c7-3-1-6(5-9,2-4-8)12-13(10)11/h13H,1-5H2,(H,10,11). The molecule has 0 fully saturated rings. The van der Waals surface area contributed by atoms with Gasteiger partial charge < -0.3 is 9.42 Å². The van der Waals surface area contributed by atoms with E-state index in [2.05, 4.69) is 0 Å². The summed E-state index contributed by atoms with van der Waals surface area (Å²) in [5.74, 6) is 0.751. The topological polar surface area (TPSA) is 46.5 Å². The van der Waals surface area contributed by atoms with Crippen LogP contribution in [0.3, 0.4) is 0 Å². The molecule has 0 saturated carbocycles. The Kier molecular flexibility index (Phi) is 7.90. The minimum Gasteiger partial charge on any atom is -0.326 e. The molecule has 0 bridgehead atoms. The molecule has 0 radical (unpaired) electrons. The van der Waals surface area contributed by atoms with Crippen LogP contribution in [0.25, 0.3) is 0 Å². The molecule has 1 atom stereocenters. The number of alkyl halides is 3. The molecule has 1 unspecified atom stereocenters. The fourth-order valence-corrected chi connectivity index (χ4v) is 2.67. The van der Waals surface area contributed by atoms with Crippen molar-refractivity contribution in [3.63, 3.8) is 0 Å². The Labute approximate surface area is 93.3 Å². The van der Waals surface area contributed by atoms with Crippen LogP contribution in [0.2, 0.25) is 0 Å². The van der Waals surface area contributed by atoms with E-state index in [0.717, 1.165) is 0 Å². The average molecular weight is 269 g/mol. The van der Waals surface area contributed by atoms with Gasteiger partial charge in [0.25, 0.3) is 0 Å². The lowest BCUT2D eigenvalue weighted by Gasteiger charge is -2.28. The van der Waals surface area contributed by atoms with Gasteiger partial charge in [0.2, 0.25) is 0 Å². The largest absolute Gasteiger partial charge is 0.326 e. The summed E-state index contributed by atoms with van der Waals surface area (Å²) >= 11 is 16.7. The van der Waals surface area contributed by atoms with Gasteiger partial charge in [-0.1, -0.05) is 0 Å². The van der Waals surface area contributed by atoms with Gasteiger partial charge in [0.05, 0.1) is 11.5 Å². The Balaban J connectivity index is 4.33. The molecule has 13 heavy (non-hydrogen) atoms. The Hall–Kier alpha value is 1.02. The molecular formula is C6H12Cl3O3P. The second kappa shape index (κ2) is 7.33. The van der Waals surface area contributed by atoms with Gasteiger partial charge in [-0.2, -0.15) is 0 Å². The fraction of sp³-hybridized carbons (Fsp3) is 1.00. The van der Waals surface area contributed by atoms with Gasteiger partial charge in [0.1, 0.15) is 0 Å². The van der Waals surface area contributed by atoms with Crippen LogP contribution in [-0.2, 0) is 9.09 Å². The van der Waals surface area contributed by atoms with Crippen molar-refractivity contribution in [3.05, 3.63) is 0 Å². The highest BCUT2D eigenvalue weighted by Gasteiger charge is 2.30. The average Bonchev–Trinajstić information content (AvgIpc) is 2.04. The van der Waals surface area contributed by atoms with Crippen molar-refractivity contribution in [3.8, 4) is 0 Å². The molecule has 0 aromatic rings. The zero-order chi connectivity index (χ0) is 10.3. The van der Waals surface area contributed by atoms with E-state index in [9.17, 15) is 4.57 Å². The maximum Gasteiger partial charge on any atom is 0.317 e. The normalized spacial score (nSPS) is 14.5. The predicted octanol–water partition coefficient (Wildman–Crippen LogP) is 2.62. The molecule has 0 aliphatic heterocycles. The van der Waals surface area contributed by atoms with Crippen LogP contribution in [0.15, 0.2) is 0 Å². The maximum absolute atomic E-state index is 10.5. The first-order valence-electron chi connectivity index (χ1n) is 3.70. The van der Waals surface area contributed by atoms with Crippen molar-refractivity contribution < 1.29 is 14.0 Å². The van der Waals surface area contributed by atoms with Gasteiger partial charge >= 0.3 is 8.25 Å². The van der Waals surface area contributed by atoms with E-state index >= 15 is 0 Å². The highest BCUT2D eigenvalue weighted by molar-refractivity contribution is 7.32. The van der Waals surface area contributed by atoms with Crippen molar-refractivity contribution in [1.82, 2.24) is 0 Å². The van der Waals surface area contributed by atoms with E-state index in [0.29, 0.717) is 24.6 Å². The fourth-order valence-electron chi connectivity index (χ4n) is 0.918. The summed E-state index contributed by atoms with van der Waals surface area (Å²) in [4.78, 5) is 8.65. The molecule has 0 saturated heterocycles. The zero-order valence-electron chi connectivity index (χ0n) is 6.93. The summed E-state index contributed by atoms with van der Waals surface area (Å²) in [6, 6.07) is 0. The third-order valence-corrected chi connectivity index (χ3v) is 3.12. The highest BCUT2D eigenvalue weighted by atomic mass is 35.5. The van der Waals surface area contributed by atoms with Crippen LogP contribution in [-0.4, -0.2) is 28.1 Å². The number of rotatable bonds is 7. The second-order valence-electron chi connectivity index (χ2n) is 2.56. The molecule has 7 heteroatoms. The minimum absolute atomic E-state index is 0.114. The lowest BCUT2D eigenvalue weighted by atomic mass is 10.0. The first-order valence-corrected chi connectivity index (χ1v) is 6.57. The Morgan fingerprint density at radius 1 is 1.23 bits per heavy atom. The van der Waals surface area contributed by atoms with E-state index < -0.39 is 13.9 Å². The van der Waals surface area contributed by atoms with Crippen LogP contribution < -0.4 is 0 Å². The second-order valence-corrected chi connectivity index (χ2v) is 4.32. The van der Waals surface area contributed by atoms with E-state index in [1.807, 2.05) is 0 Å². The highest BCUT2D eigenvalue weighted by Crippen LogP contribution is 2.33. The molecule has 0 aromatic carbocycles. The van der Waals surface area contributed by atoms with Crippen LogP contribution >= 0.6 is 43.1 Å². The van der Waals surface area contributed by atoms with Gasteiger partial charge in [-0.05, 0) is 12.8 Å². The molecule has 1 N–H and O–H groups in total. The Morgan fingerprint density at radius 3 is 1.92 bits per heavy atom. The summed E-state index contributed by atoms with van der Waals surface area (Å²) in [5, 5.41) is 0. The van der Waals surface area contributed by atoms with Gasteiger partial charge in [0, 0.05) is 11.8 Å². The van der Waals surface area contributed by atoms with E-state index in [1.165, 1.54) is 0 Å². The molecule has 0 heterocycles. The first-order chi connectivity index (χ1) is 6.10. The van der Waals surface area contributed by atoms with Crippen LogP contribution in [0, 0.1) is 0 Å². The summed E-state index contributed by atoms with van der Waals surface area (Å²) in [6.07, 6.45) is 0.837. The summed E-state index contributed by atoms with van der Waals surface area (Å²) < 4.78 is 15.4. The van der Waals surface area contributed by atoms with Crippen molar-refractivity contribution in [2.75, 3.05) is 17.6 Å². The van der Waals surface area contributed by atoms with Gasteiger partial charge in [-0.15, -0.1) is 34.8 Å². The van der Waals surface area contributed by atoms with Crippen LogP contribution in [0.1, 0.15) is 12.8 Å². The molecule has 0 aliphatic rings. The quantitative estimate of drug-likeness (QED) is 0.571. The molecule has 0 aliphatic carbocycles. The molecule has 80 valence electrons. The molecule has 0 aromatic heterocycles. The molecule has 3 nitrogen and oxygen atoms in total. The van der Waals surface area contributed by atoms with Crippen molar-refractivity contribution in [1.29, 1.82) is 0 Å². The number of hydrogen-bond acceptors (Lipinski definition) is 2. The molecular weight excluding hydrogens is 257 g/mol. The van der Waals surface area contributed by atoms with Gasteiger partial charge in [-0.25, -0.2) is 0 Å². The predicted molar refractivity (Wildman–Crippen MR) is 56.4 cm³/mol. The summed E-state index contributed by atoms with van der Waals surface area (Å²) in [5.41, 5.74) is -0.851. The van der Waals surface area contributed by atoms with E-state index in [1.54, 1.807) is 0 Å². The zero-order valence-corrected chi connectivity index (χ0v) is 10.2. The molecule has 0 spiro atoms. The van der Waals surface area contributed by atoms with Crippen LogP contribution in [0.5, 0.6) is 0 Å². The van der Waals surface area contributed by atoms with Gasteiger partial charge in [0.15, 0.2) is 0 Å². The van der Waals surface area contributed by atoms with Gasteiger partial charge in [-0.3, -0.25) is 4.57 Å². The monoisotopic (exact) mass is 268 g/mol. The Bertz CT molecular complexity index is 161. The third-order valence-electron chi connectivity index (χ3n) is 1.65. The number of halogens is 3. The number of hydrogen-bond donors (Lipinski definition) is 1. The minimum atomic E-state index is -3.00. The summed E-state index contributed by atoms with van der Waals surface area (Å²) in [7, 11) is -3.00.